The van der Waals surface area contributed by atoms with E-state index in [9.17, 15) is 9.59 Å². The fourth-order valence-corrected chi connectivity index (χ4v) is 2.25. The molecule has 0 aliphatic rings. The third-order valence-corrected chi connectivity index (χ3v) is 3.70. The Morgan fingerprint density at radius 1 is 1.29 bits per heavy atom. The van der Waals surface area contributed by atoms with Crippen LogP contribution in [0.3, 0.4) is 0 Å². The van der Waals surface area contributed by atoms with Gasteiger partial charge in [-0.1, -0.05) is 18.2 Å². The summed E-state index contributed by atoms with van der Waals surface area (Å²) in [4.78, 5) is 24.6. The quantitative estimate of drug-likeness (QED) is 0.773. The molecule has 128 valence electrons. The van der Waals surface area contributed by atoms with Crippen LogP contribution in [0.5, 0.6) is 5.88 Å². The molecule has 8 heteroatoms. The molecule has 0 saturated carbocycles. The molecule has 1 aromatic heterocycles. The number of halogens is 1. The number of benzene rings is 1. The highest BCUT2D eigenvalue weighted by molar-refractivity contribution is 9.10. The summed E-state index contributed by atoms with van der Waals surface area (Å²) in [6.07, 6.45) is 2.02. The molecule has 1 heterocycles. The Morgan fingerprint density at radius 3 is 2.67 bits per heavy atom. The standard InChI is InChI=1S/C16H19BrN4O3/c1-20(2)15(23)8-9-18-14(22)11-24-16-13(17)10-21(19-16)12-6-4-3-5-7-12/h3-7,10H,8-9,11H2,1-2H3,(H,18,22). The third kappa shape index (κ3) is 5.09. The van der Waals surface area contributed by atoms with Gasteiger partial charge in [-0.05, 0) is 28.1 Å². The van der Waals surface area contributed by atoms with Crippen molar-refractivity contribution in [2.45, 2.75) is 6.42 Å². The Hall–Kier alpha value is -2.35. The van der Waals surface area contributed by atoms with Crippen molar-refractivity contribution < 1.29 is 14.3 Å². The van der Waals surface area contributed by atoms with Crippen molar-refractivity contribution in [2.24, 2.45) is 0 Å². The van der Waals surface area contributed by atoms with Crippen LogP contribution in [0.4, 0.5) is 0 Å². The van der Waals surface area contributed by atoms with Gasteiger partial charge in [0, 0.05) is 33.3 Å². The van der Waals surface area contributed by atoms with Crippen LogP contribution in [0.15, 0.2) is 41.0 Å². The lowest BCUT2D eigenvalue weighted by Gasteiger charge is -2.10. The molecule has 0 bridgehead atoms. The van der Waals surface area contributed by atoms with Gasteiger partial charge in [0.1, 0.15) is 0 Å². The van der Waals surface area contributed by atoms with Crippen molar-refractivity contribution in [2.75, 3.05) is 27.2 Å². The molecule has 0 saturated heterocycles. The van der Waals surface area contributed by atoms with Gasteiger partial charge in [-0.2, -0.15) is 0 Å². The monoisotopic (exact) mass is 394 g/mol. The Balaban J connectivity index is 1.83. The molecule has 0 atom stereocenters. The molecule has 0 radical (unpaired) electrons. The summed E-state index contributed by atoms with van der Waals surface area (Å²) >= 11 is 3.36. The highest BCUT2D eigenvalue weighted by Gasteiger charge is 2.11. The lowest BCUT2D eigenvalue weighted by molar-refractivity contribution is -0.128. The summed E-state index contributed by atoms with van der Waals surface area (Å²) in [7, 11) is 3.35. The van der Waals surface area contributed by atoms with E-state index in [0.717, 1.165) is 5.69 Å². The van der Waals surface area contributed by atoms with Crippen LogP contribution in [0.25, 0.3) is 5.69 Å². The minimum absolute atomic E-state index is 0.0411. The van der Waals surface area contributed by atoms with Gasteiger partial charge in [0.2, 0.25) is 11.8 Å². The number of para-hydroxylation sites is 1. The SMILES string of the molecule is CN(C)C(=O)CCNC(=O)COc1nn(-c2ccccc2)cc1Br. The van der Waals surface area contributed by atoms with Gasteiger partial charge in [0.05, 0.1) is 10.2 Å². The van der Waals surface area contributed by atoms with E-state index in [-0.39, 0.29) is 31.4 Å². The third-order valence-electron chi connectivity index (χ3n) is 3.16. The van der Waals surface area contributed by atoms with Crippen LogP contribution in [0.1, 0.15) is 6.42 Å². The zero-order valence-corrected chi connectivity index (χ0v) is 15.1. The smallest absolute Gasteiger partial charge is 0.258 e. The number of ether oxygens (including phenoxy) is 1. The van der Waals surface area contributed by atoms with Crippen LogP contribution in [0.2, 0.25) is 0 Å². The number of nitrogens with zero attached hydrogens (tertiary/aromatic N) is 3. The lowest BCUT2D eigenvalue weighted by atomic mass is 10.3. The molecule has 2 aromatic rings. The second-order valence-electron chi connectivity index (χ2n) is 5.24. The van der Waals surface area contributed by atoms with Gasteiger partial charge in [-0.25, -0.2) is 4.68 Å². The molecule has 2 rings (SSSR count). The van der Waals surface area contributed by atoms with Crippen LogP contribution >= 0.6 is 15.9 Å². The van der Waals surface area contributed by atoms with E-state index in [0.29, 0.717) is 10.4 Å². The number of hydrogen-bond donors (Lipinski definition) is 1. The van der Waals surface area contributed by atoms with Gasteiger partial charge in [0.15, 0.2) is 6.61 Å². The highest BCUT2D eigenvalue weighted by atomic mass is 79.9. The normalized spacial score (nSPS) is 10.3. The number of hydrogen-bond acceptors (Lipinski definition) is 4. The molecule has 1 aromatic carbocycles. The van der Waals surface area contributed by atoms with Crippen molar-refractivity contribution in [3.8, 4) is 11.6 Å². The maximum atomic E-state index is 11.7. The van der Waals surface area contributed by atoms with Gasteiger partial charge in [-0.15, -0.1) is 5.10 Å². The Labute approximate surface area is 148 Å². The number of rotatable bonds is 7. The predicted octanol–water partition coefficient (Wildman–Crippen LogP) is 1.61. The molecule has 0 aliphatic carbocycles. The molecular weight excluding hydrogens is 376 g/mol. The second-order valence-corrected chi connectivity index (χ2v) is 6.09. The zero-order chi connectivity index (χ0) is 17.5. The maximum absolute atomic E-state index is 11.7. The molecule has 0 fully saturated rings. The van der Waals surface area contributed by atoms with Crippen LogP contribution in [-0.4, -0.2) is 53.7 Å². The highest BCUT2D eigenvalue weighted by Crippen LogP contribution is 2.24. The Morgan fingerprint density at radius 2 is 2.00 bits per heavy atom. The number of nitrogens with one attached hydrogen (secondary N) is 1. The van der Waals surface area contributed by atoms with E-state index in [4.69, 9.17) is 4.74 Å². The molecule has 7 nitrogen and oxygen atoms in total. The van der Waals surface area contributed by atoms with Crippen molar-refractivity contribution in [3.05, 3.63) is 41.0 Å². The summed E-state index contributed by atoms with van der Waals surface area (Å²) in [5.41, 5.74) is 0.889. The van der Waals surface area contributed by atoms with E-state index in [1.54, 1.807) is 25.0 Å². The fourth-order valence-electron chi connectivity index (χ4n) is 1.87. The van der Waals surface area contributed by atoms with Crippen molar-refractivity contribution >= 4 is 27.7 Å². The Kier molecular flexibility index (Phi) is 6.36. The minimum atomic E-state index is -0.303. The average molecular weight is 395 g/mol. The van der Waals surface area contributed by atoms with Crippen molar-refractivity contribution in [1.29, 1.82) is 0 Å². The summed E-state index contributed by atoms with van der Waals surface area (Å²) < 4.78 is 7.73. The second kappa shape index (κ2) is 8.49. The predicted molar refractivity (Wildman–Crippen MR) is 93.1 cm³/mol. The van der Waals surface area contributed by atoms with E-state index >= 15 is 0 Å². The number of amides is 2. The summed E-state index contributed by atoms with van der Waals surface area (Å²) in [5, 5.41) is 6.93. The summed E-state index contributed by atoms with van der Waals surface area (Å²) in [6, 6.07) is 9.57. The molecule has 1 N–H and O–H groups in total. The molecule has 24 heavy (non-hydrogen) atoms. The van der Waals surface area contributed by atoms with Gasteiger partial charge in [-0.3, -0.25) is 9.59 Å². The minimum Gasteiger partial charge on any atom is -0.466 e. The Bertz CT molecular complexity index is 701. The van der Waals surface area contributed by atoms with Crippen molar-refractivity contribution in [3.63, 3.8) is 0 Å². The first kappa shape index (κ1) is 18.0. The molecule has 2 amide bonds. The van der Waals surface area contributed by atoms with E-state index < -0.39 is 0 Å². The van der Waals surface area contributed by atoms with Crippen LogP contribution < -0.4 is 10.1 Å². The van der Waals surface area contributed by atoms with E-state index in [2.05, 4.69) is 26.3 Å². The average Bonchev–Trinajstić information content (AvgIpc) is 2.94. The van der Waals surface area contributed by atoms with E-state index in [1.807, 2.05) is 30.3 Å². The molecule has 0 spiro atoms. The fraction of sp³-hybridized carbons (Fsp3) is 0.312. The van der Waals surface area contributed by atoms with E-state index in [1.165, 1.54) is 4.90 Å². The number of carbonyl (C=O) groups is 2. The van der Waals surface area contributed by atoms with Crippen LogP contribution in [0, 0.1) is 0 Å². The first-order valence-electron chi connectivity index (χ1n) is 7.37. The molecular formula is C16H19BrN4O3. The zero-order valence-electron chi connectivity index (χ0n) is 13.5. The first-order valence-corrected chi connectivity index (χ1v) is 8.17. The topological polar surface area (TPSA) is 76.5 Å². The maximum Gasteiger partial charge on any atom is 0.258 e. The lowest BCUT2D eigenvalue weighted by Crippen LogP contribution is -2.33. The largest absolute Gasteiger partial charge is 0.466 e. The number of carbonyl (C=O) groups excluding carboxylic acids is 2. The summed E-state index contributed by atoms with van der Waals surface area (Å²) in [5.74, 6) is -0.0124. The van der Waals surface area contributed by atoms with Crippen LogP contribution in [-0.2, 0) is 9.59 Å². The van der Waals surface area contributed by atoms with Gasteiger partial charge in [0.25, 0.3) is 5.91 Å². The van der Waals surface area contributed by atoms with Crippen molar-refractivity contribution in [1.82, 2.24) is 20.0 Å². The van der Waals surface area contributed by atoms with Gasteiger partial charge >= 0.3 is 0 Å². The first-order chi connectivity index (χ1) is 11.5. The molecule has 0 aliphatic heterocycles. The summed E-state index contributed by atoms with van der Waals surface area (Å²) in [6.45, 7) is 0.111. The molecule has 0 unspecified atom stereocenters. The number of aromatic nitrogens is 2. The van der Waals surface area contributed by atoms with Gasteiger partial charge < -0.3 is 15.0 Å².